The SMILES string of the molecule is COC1CC(C(=O)O)N(C(=O)N2CCOCC2C(N)=O)C1. The normalized spacial score (nSPS) is 29.5. The van der Waals surface area contributed by atoms with Gasteiger partial charge in [-0.25, -0.2) is 9.59 Å². The summed E-state index contributed by atoms with van der Waals surface area (Å²) in [6.45, 7) is 0.692. The van der Waals surface area contributed by atoms with Crippen LogP contribution in [0.15, 0.2) is 0 Å². The molecule has 21 heavy (non-hydrogen) atoms. The van der Waals surface area contributed by atoms with Crippen molar-refractivity contribution < 1.29 is 29.0 Å². The quantitative estimate of drug-likeness (QED) is 0.652. The number of hydrogen-bond acceptors (Lipinski definition) is 5. The van der Waals surface area contributed by atoms with Crippen LogP contribution in [0.4, 0.5) is 4.79 Å². The minimum absolute atomic E-state index is 0.0281. The molecule has 3 atom stereocenters. The summed E-state index contributed by atoms with van der Waals surface area (Å²) in [6.07, 6.45) is -0.105. The molecule has 0 radical (unpaired) electrons. The number of carboxylic acids is 1. The number of morpholine rings is 1. The number of likely N-dealkylation sites (tertiary alicyclic amines) is 1. The molecule has 2 aliphatic heterocycles. The highest BCUT2D eigenvalue weighted by molar-refractivity contribution is 5.88. The standard InChI is InChI=1S/C12H19N3O6/c1-20-7-4-8(11(17)18)15(5-7)12(19)14-2-3-21-6-9(14)10(13)16/h7-9H,2-6H2,1H3,(H2,13,16)(H,17,18). The lowest BCUT2D eigenvalue weighted by Crippen LogP contribution is -2.59. The third-order valence-corrected chi connectivity index (χ3v) is 3.83. The van der Waals surface area contributed by atoms with Gasteiger partial charge in [-0.2, -0.15) is 0 Å². The largest absolute Gasteiger partial charge is 0.480 e. The Balaban J connectivity index is 2.16. The number of nitrogens with zero attached hydrogens (tertiary/aromatic N) is 2. The van der Waals surface area contributed by atoms with Gasteiger partial charge in [-0.05, 0) is 0 Å². The van der Waals surface area contributed by atoms with Crippen LogP contribution in [0.5, 0.6) is 0 Å². The molecule has 0 spiro atoms. The highest BCUT2D eigenvalue weighted by atomic mass is 16.5. The number of aliphatic carboxylic acids is 1. The summed E-state index contributed by atoms with van der Waals surface area (Å²) in [5.74, 6) is -1.76. The molecule has 3 unspecified atom stereocenters. The van der Waals surface area contributed by atoms with E-state index in [1.54, 1.807) is 0 Å². The van der Waals surface area contributed by atoms with Crippen molar-refractivity contribution in [1.29, 1.82) is 0 Å². The molecular weight excluding hydrogens is 282 g/mol. The topological polar surface area (TPSA) is 122 Å². The molecule has 2 aliphatic rings. The van der Waals surface area contributed by atoms with Crippen LogP contribution in [0.1, 0.15) is 6.42 Å². The van der Waals surface area contributed by atoms with Crippen molar-refractivity contribution in [1.82, 2.24) is 9.80 Å². The molecule has 3 N–H and O–H groups in total. The van der Waals surface area contributed by atoms with E-state index < -0.39 is 30.0 Å². The predicted molar refractivity (Wildman–Crippen MR) is 69.4 cm³/mol. The third-order valence-electron chi connectivity index (χ3n) is 3.83. The molecule has 2 heterocycles. The number of nitrogens with two attached hydrogens (primary N) is 1. The Morgan fingerprint density at radius 3 is 2.57 bits per heavy atom. The first-order valence-electron chi connectivity index (χ1n) is 6.65. The molecular formula is C12H19N3O6. The molecule has 2 fully saturated rings. The van der Waals surface area contributed by atoms with Gasteiger partial charge in [-0.15, -0.1) is 0 Å². The number of carbonyl (C=O) groups excluding carboxylic acids is 2. The van der Waals surface area contributed by atoms with Crippen molar-refractivity contribution in [2.75, 3.05) is 33.4 Å². The van der Waals surface area contributed by atoms with Crippen molar-refractivity contribution >= 4 is 17.9 Å². The van der Waals surface area contributed by atoms with Crippen molar-refractivity contribution in [3.05, 3.63) is 0 Å². The van der Waals surface area contributed by atoms with Gasteiger partial charge in [-0.1, -0.05) is 0 Å². The van der Waals surface area contributed by atoms with E-state index in [9.17, 15) is 19.5 Å². The molecule has 0 bridgehead atoms. The molecule has 3 amide bonds. The monoisotopic (exact) mass is 301 g/mol. The van der Waals surface area contributed by atoms with Crippen molar-refractivity contribution in [3.8, 4) is 0 Å². The Labute approximate surface area is 121 Å². The van der Waals surface area contributed by atoms with E-state index in [1.165, 1.54) is 16.9 Å². The predicted octanol–water partition coefficient (Wildman–Crippen LogP) is -1.53. The maximum atomic E-state index is 12.6. The Hall–Kier alpha value is -1.87. The molecule has 118 valence electrons. The summed E-state index contributed by atoms with van der Waals surface area (Å²) in [6, 6.07) is -2.35. The minimum Gasteiger partial charge on any atom is -0.480 e. The van der Waals surface area contributed by atoms with E-state index in [4.69, 9.17) is 15.2 Å². The average molecular weight is 301 g/mol. The minimum atomic E-state index is -1.09. The summed E-state index contributed by atoms with van der Waals surface area (Å²) < 4.78 is 10.3. The zero-order chi connectivity index (χ0) is 15.6. The van der Waals surface area contributed by atoms with Crippen LogP contribution in [0.2, 0.25) is 0 Å². The second-order valence-corrected chi connectivity index (χ2v) is 5.07. The molecule has 0 aliphatic carbocycles. The number of ether oxygens (including phenoxy) is 2. The van der Waals surface area contributed by atoms with Gasteiger partial charge in [0.15, 0.2) is 0 Å². The second kappa shape index (κ2) is 6.27. The molecule has 0 aromatic carbocycles. The Morgan fingerprint density at radius 2 is 2.00 bits per heavy atom. The fraction of sp³-hybridized carbons (Fsp3) is 0.750. The first-order valence-corrected chi connectivity index (χ1v) is 6.65. The van der Waals surface area contributed by atoms with E-state index in [2.05, 4.69) is 0 Å². The highest BCUT2D eigenvalue weighted by Gasteiger charge is 2.44. The molecule has 0 aromatic heterocycles. The van der Waals surface area contributed by atoms with Gasteiger partial charge >= 0.3 is 12.0 Å². The molecule has 2 saturated heterocycles. The zero-order valence-corrected chi connectivity index (χ0v) is 11.7. The van der Waals surface area contributed by atoms with Crippen molar-refractivity contribution in [2.45, 2.75) is 24.6 Å². The summed E-state index contributed by atoms with van der Waals surface area (Å²) in [5, 5.41) is 9.24. The van der Waals surface area contributed by atoms with Gasteiger partial charge in [0.05, 0.1) is 19.3 Å². The number of carboxylic acid groups (broad SMARTS) is 1. The Kier molecular flexibility index (Phi) is 4.63. The van der Waals surface area contributed by atoms with Crippen LogP contribution in [0, 0.1) is 0 Å². The fourth-order valence-electron chi connectivity index (χ4n) is 2.65. The maximum absolute atomic E-state index is 12.6. The average Bonchev–Trinajstić information content (AvgIpc) is 2.91. The summed E-state index contributed by atoms with van der Waals surface area (Å²) in [4.78, 5) is 37.8. The second-order valence-electron chi connectivity index (χ2n) is 5.07. The van der Waals surface area contributed by atoms with Crippen LogP contribution in [0.25, 0.3) is 0 Å². The number of carbonyl (C=O) groups is 3. The molecule has 0 aromatic rings. The summed E-state index contributed by atoms with van der Waals surface area (Å²) >= 11 is 0. The van der Waals surface area contributed by atoms with Gasteiger partial charge < -0.3 is 30.1 Å². The first kappa shape index (κ1) is 15.5. The number of urea groups is 1. The molecule has 9 heteroatoms. The van der Waals surface area contributed by atoms with E-state index in [1.807, 2.05) is 0 Å². The van der Waals surface area contributed by atoms with Crippen LogP contribution < -0.4 is 5.73 Å². The smallest absolute Gasteiger partial charge is 0.326 e. The van der Waals surface area contributed by atoms with Gasteiger partial charge in [0, 0.05) is 26.6 Å². The lowest BCUT2D eigenvalue weighted by atomic mass is 10.2. The number of methoxy groups -OCH3 is 1. The van der Waals surface area contributed by atoms with E-state index in [0.717, 1.165) is 0 Å². The third kappa shape index (κ3) is 3.08. The first-order chi connectivity index (χ1) is 9.95. The zero-order valence-electron chi connectivity index (χ0n) is 11.7. The van der Waals surface area contributed by atoms with Crippen LogP contribution in [-0.4, -0.2) is 84.4 Å². The number of hydrogen-bond donors (Lipinski definition) is 2. The Morgan fingerprint density at radius 1 is 1.29 bits per heavy atom. The van der Waals surface area contributed by atoms with Gasteiger partial charge in [0.25, 0.3) is 0 Å². The Bertz CT molecular complexity index is 443. The lowest BCUT2D eigenvalue weighted by Gasteiger charge is -2.37. The molecule has 2 rings (SSSR count). The summed E-state index contributed by atoms with van der Waals surface area (Å²) in [5.41, 5.74) is 5.27. The van der Waals surface area contributed by atoms with Crippen molar-refractivity contribution in [3.63, 3.8) is 0 Å². The van der Waals surface area contributed by atoms with Gasteiger partial charge in [-0.3, -0.25) is 4.79 Å². The maximum Gasteiger partial charge on any atom is 0.326 e. The van der Waals surface area contributed by atoms with Crippen LogP contribution in [-0.2, 0) is 19.1 Å². The van der Waals surface area contributed by atoms with E-state index in [0.29, 0.717) is 0 Å². The number of primary amides is 1. The number of amides is 3. The van der Waals surface area contributed by atoms with Crippen LogP contribution in [0.3, 0.4) is 0 Å². The van der Waals surface area contributed by atoms with E-state index >= 15 is 0 Å². The summed E-state index contributed by atoms with van der Waals surface area (Å²) in [7, 11) is 1.47. The van der Waals surface area contributed by atoms with Gasteiger partial charge in [0.1, 0.15) is 12.1 Å². The fourth-order valence-corrected chi connectivity index (χ4v) is 2.65. The van der Waals surface area contributed by atoms with Gasteiger partial charge in [0.2, 0.25) is 5.91 Å². The molecule has 9 nitrogen and oxygen atoms in total. The lowest BCUT2D eigenvalue weighted by molar-refractivity contribution is -0.141. The highest BCUT2D eigenvalue weighted by Crippen LogP contribution is 2.23. The van der Waals surface area contributed by atoms with Crippen molar-refractivity contribution in [2.24, 2.45) is 5.73 Å². The molecule has 0 saturated carbocycles. The van der Waals surface area contributed by atoms with E-state index in [-0.39, 0.29) is 38.8 Å². The van der Waals surface area contributed by atoms with Crippen LogP contribution >= 0.6 is 0 Å². The number of rotatable bonds is 3.